The smallest absolute Gasteiger partial charge is 0.131 e. The molecule has 1 heterocycles. The Bertz CT molecular complexity index is 757. The molecule has 0 aliphatic rings. The molecule has 0 N–H and O–H groups in total. The number of halogens is 1. The first-order valence-corrected chi connectivity index (χ1v) is 6.79. The van der Waals surface area contributed by atoms with E-state index in [0.29, 0.717) is 11.5 Å². The molecule has 2 aromatic carbocycles. The first-order chi connectivity index (χ1) is 9.66. The first-order valence-electron chi connectivity index (χ1n) is 6.79. The van der Waals surface area contributed by atoms with Crippen LogP contribution in [0.5, 0.6) is 0 Å². The highest BCUT2D eigenvalue weighted by Gasteiger charge is 2.10. The highest BCUT2D eigenvalue weighted by atomic mass is 19.1. The number of hydrogen-bond acceptors (Lipinski definition) is 1. The van der Waals surface area contributed by atoms with Crippen LogP contribution >= 0.6 is 0 Å². The van der Waals surface area contributed by atoms with Crippen LogP contribution in [0.4, 0.5) is 4.39 Å². The molecule has 100 valence electrons. The molecule has 0 saturated heterocycles. The van der Waals surface area contributed by atoms with Gasteiger partial charge in [0.15, 0.2) is 0 Å². The quantitative estimate of drug-likeness (QED) is 0.623. The molecule has 1 aromatic heterocycles. The van der Waals surface area contributed by atoms with Gasteiger partial charge in [0.05, 0.1) is 0 Å². The van der Waals surface area contributed by atoms with Gasteiger partial charge in [-0.2, -0.15) is 0 Å². The topological polar surface area (TPSA) is 12.9 Å². The highest BCUT2D eigenvalue weighted by Crippen LogP contribution is 2.31. The maximum atomic E-state index is 14.4. The second-order valence-electron chi connectivity index (χ2n) is 5.30. The molecule has 0 bridgehead atoms. The van der Waals surface area contributed by atoms with E-state index in [-0.39, 0.29) is 5.82 Å². The molecular weight excluding hydrogens is 249 g/mol. The Morgan fingerprint density at radius 2 is 1.85 bits per heavy atom. The van der Waals surface area contributed by atoms with Crippen LogP contribution in [-0.4, -0.2) is 4.98 Å². The Kier molecular flexibility index (Phi) is 3.23. The van der Waals surface area contributed by atoms with E-state index in [2.05, 4.69) is 18.8 Å². The van der Waals surface area contributed by atoms with Crippen LogP contribution in [0.15, 0.2) is 54.9 Å². The van der Waals surface area contributed by atoms with Crippen molar-refractivity contribution in [1.82, 2.24) is 4.98 Å². The van der Waals surface area contributed by atoms with Crippen molar-refractivity contribution in [2.24, 2.45) is 0 Å². The van der Waals surface area contributed by atoms with E-state index >= 15 is 0 Å². The van der Waals surface area contributed by atoms with Gasteiger partial charge in [-0.05, 0) is 34.6 Å². The third-order valence-corrected chi connectivity index (χ3v) is 3.63. The molecule has 0 atom stereocenters. The monoisotopic (exact) mass is 265 g/mol. The van der Waals surface area contributed by atoms with Gasteiger partial charge >= 0.3 is 0 Å². The van der Waals surface area contributed by atoms with Gasteiger partial charge in [0.25, 0.3) is 0 Å². The molecule has 2 heteroatoms. The normalized spacial score (nSPS) is 11.2. The van der Waals surface area contributed by atoms with Gasteiger partial charge in [0, 0.05) is 23.3 Å². The van der Waals surface area contributed by atoms with Crippen molar-refractivity contribution >= 4 is 10.8 Å². The third-order valence-electron chi connectivity index (χ3n) is 3.63. The second kappa shape index (κ2) is 5.04. The van der Waals surface area contributed by atoms with Gasteiger partial charge in [0.2, 0.25) is 0 Å². The summed E-state index contributed by atoms with van der Waals surface area (Å²) in [6.45, 7) is 4.13. The fraction of sp³-hybridized carbons (Fsp3) is 0.167. The van der Waals surface area contributed by atoms with Crippen LogP contribution in [-0.2, 0) is 0 Å². The number of hydrogen-bond donors (Lipinski definition) is 0. The van der Waals surface area contributed by atoms with E-state index in [0.717, 1.165) is 21.9 Å². The minimum atomic E-state index is -0.166. The lowest BCUT2D eigenvalue weighted by atomic mass is 9.95. The number of aromatic nitrogens is 1. The SMILES string of the molecule is CC(C)c1ccc(-c2cccc3cnccc23)c(F)c1. The van der Waals surface area contributed by atoms with Crippen molar-refractivity contribution in [3.05, 3.63) is 66.2 Å². The zero-order chi connectivity index (χ0) is 14.1. The summed E-state index contributed by atoms with van der Waals surface area (Å²) in [7, 11) is 0. The Morgan fingerprint density at radius 3 is 2.60 bits per heavy atom. The van der Waals surface area contributed by atoms with Crippen molar-refractivity contribution in [3.63, 3.8) is 0 Å². The van der Waals surface area contributed by atoms with Crippen LogP contribution < -0.4 is 0 Å². The summed E-state index contributed by atoms with van der Waals surface area (Å²) in [5, 5.41) is 2.05. The minimum absolute atomic E-state index is 0.166. The molecule has 0 aliphatic carbocycles. The van der Waals surface area contributed by atoms with E-state index in [9.17, 15) is 4.39 Å². The van der Waals surface area contributed by atoms with Crippen molar-refractivity contribution in [2.45, 2.75) is 19.8 Å². The predicted octanol–water partition coefficient (Wildman–Crippen LogP) is 5.16. The Balaban J connectivity index is 2.21. The number of benzene rings is 2. The van der Waals surface area contributed by atoms with Gasteiger partial charge in [-0.25, -0.2) is 4.39 Å². The van der Waals surface area contributed by atoms with E-state index in [4.69, 9.17) is 0 Å². The van der Waals surface area contributed by atoms with Crippen LogP contribution in [0, 0.1) is 5.82 Å². The molecule has 1 nitrogen and oxygen atoms in total. The summed E-state index contributed by atoms with van der Waals surface area (Å²) in [6.07, 6.45) is 3.55. The summed E-state index contributed by atoms with van der Waals surface area (Å²) in [5.41, 5.74) is 2.58. The molecule has 0 saturated carbocycles. The number of rotatable bonds is 2. The molecular formula is C18H16FN. The van der Waals surface area contributed by atoms with Gasteiger partial charge in [0.1, 0.15) is 5.82 Å². The standard InChI is InChI=1S/C18H16FN/c1-12(2)13-6-7-17(18(19)10-13)16-5-3-4-14-11-20-9-8-15(14)16/h3-12H,1-2H3. The van der Waals surface area contributed by atoms with Crippen molar-refractivity contribution in [1.29, 1.82) is 0 Å². The molecule has 0 fully saturated rings. The fourth-order valence-corrected chi connectivity index (χ4v) is 2.47. The lowest BCUT2D eigenvalue weighted by molar-refractivity contribution is 0.627. The summed E-state index contributed by atoms with van der Waals surface area (Å²) in [5.74, 6) is 0.163. The molecule has 3 aromatic rings. The Hall–Kier alpha value is -2.22. The molecule has 0 radical (unpaired) electrons. The summed E-state index contributed by atoms with van der Waals surface area (Å²) in [4.78, 5) is 4.11. The lowest BCUT2D eigenvalue weighted by Gasteiger charge is -2.11. The molecule has 0 amide bonds. The largest absolute Gasteiger partial charge is 0.264 e. The zero-order valence-corrected chi connectivity index (χ0v) is 11.6. The molecule has 0 aliphatic heterocycles. The highest BCUT2D eigenvalue weighted by molar-refractivity contribution is 5.96. The Labute approximate surface area is 118 Å². The minimum Gasteiger partial charge on any atom is -0.264 e. The summed E-state index contributed by atoms with van der Waals surface area (Å²) in [6, 6.07) is 13.3. The van der Waals surface area contributed by atoms with E-state index in [1.54, 1.807) is 18.5 Å². The van der Waals surface area contributed by atoms with Gasteiger partial charge in [-0.1, -0.05) is 44.2 Å². The van der Waals surface area contributed by atoms with E-state index in [1.165, 1.54) is 0 Å². The molecule has 0 spiro atoms. The van der Waals surface area contributed by atoms with Crippen LogP contribution in [0.25, 0.3) is 21.9 Å². The maximum absolute atomic E-state index is 14.4. The summed E-state index contributed by atoms with van der Waals surface area (Å²) >= 11 is 0. The van der Waals surface area contributed by atoms with Crippen molar-refractivity contribution < 1.29 is 4.39 Å². The number of fused-ring (bicyclic) bond motifs is 1. The second-order valence-corrected chi connectivity index (χ2v) is 5.30. The predicted molar refractivity (Wildman–Crippen MR) is 81.2 cm³/mol. The van der Waals surface area contributed by atoms with Crippen molar-refractivity contribution in [3.8, 4) is 11.1 Å². The average molecular weight is 265 g/mol. The summed E-state index contributed by atoms with van der Waals surface area (Å²) < 4.78 is 14.4. The lowest BCUT2D eigenvalue weighted by Crippen LogP contribution is -1.92. The maximum Gasteiger partial charge on any atom is 0.131 e. The molecule has 0 unspecified atom stereocenters. The van der Waals surface area contributed by atoms with Crippen LogP contribution in [0.1, 0.15) is 25.3 Å². The van der Waals surface area contributed by atoms with Gasteiger partial charge < -0.3 is 0 Å². The number of pyridine rings is 1. The number of nitrogens with zero attached hydrogens (tertiary/aromatic N) is 1. The molecule has 20 heavy (non-hydrogen) atoms. The zero-order valence-electron chi connectivity index (χ0n) is 11.6. The van der Waals surface area contributed by atoms with Gasteiger partial charge in [-0.3, -0.25) is 4.98 Å². The average Bonchev–Trinajstić information content (AvgIpc) is 2.46. The fourth-order valence-electron chi connectivity index (χ4n) is 2.47. The van der Waals surface area contributed by atoms with Gasteiger partial charge in [-0.15, -0.1) is 0 Å². The Morgan fingerprint density at radius 1 is 1.00 bits per heavy atom. The molecule has 3 rings (SSSR count). The van der Waals surface area contributed by atoms with E-state index < -0.39 is 0 Å². The first kappa shape index (κ1) is 12.8. The van der Waals surface area contributed by atoms with Crippen LogP contribution in [0.3, 0.4) is 0 Å². The van der Waals surface area contributed by atoms with E-state index in [1.807, 2.05) is 36.4 Å². The third kappa shape index (κ3) is 2.18. The van der Waals surface area contributed by atoms with Crippen molar-refractivity contribution in [2.75, 3.05) is 0 Å². The van der Waals surface area contributed by atoms with Crippen LogP contribution in [0.2, 0.25) is 0 Å².